The Morgan fingerprint density at radius 1 is 1.32 bits per heavy atom. The zero-order valence-electron chi connectivity index (χ0n) is 13.7. The number of aromatic nitrogens is 1. The highest BCUT2D eigenvalue weighted by Crippen LogP contribution is 2.19. The molecule has 5 nitrogen and oxygen atoms in total. The fourth-order valence-electron chi connectivity index (χ4n) is 2.47. The number of allylic oxidation sites excluding steroid dienone is 1. The molecule has 22 heavy (non-hydrogen) atoms. The standard InChI is InChI=1S/C16H26N4O.HI/c1-12-13(2)21-15(20-12)11-19-16(17-3)18-10-9-14-7-5-4-6-8-14;/h7H,4-6,8-11H2,1-3H3,(H2,17,18,19);1H. The maximum atomic E-state index is 5.54. The van der Waals surface area contributed by atoms with E-state index < -0.39 is 0 Å². The Kier molecular flexibility index (Phi) is 8.52. The molecule has 2 rings (SSSR count). The molecule has 0 saturated heterocycles. The van der Waals surface area contributed by atoms with Crippen molar-refractivity contribution < 1.29 is 4.42 Å². The van der Waals surface area contributed by atoms with Gasteiger partial charge >= 0.3 is 0 Å². The van der Waals surface area contributed by atoms with Crippen molar-refractivity contribution in [3.63, 3.8) is 0 Å². The van der Waals surface area contributed by atoms with E-state index in [0.29, 0.717) is 12.4 Å². The lowest BCUT2D eigenvalue weighted by atomic mass is 9.97. The molecule has 124 valence electrons. The van der Waals surface area contributed by atoms with Crippen molar-refractivity contribution in [3.8, 4) is 0 Å². The Balaban J connectivity index is 0.00000242. The van der Waals surface area contributed by atoms with Crippen molar-refractivity contribution in [3.05, 3.63) is 29.0 Å². The van der Waals surface area contributed by atoms with Gasteiger partial charge in [0.2, 0.25) is 5.89 Å². The summed E-state index contributed by atoms with van der Waals surface area (Å²) < 4.78 is 5.54. The summed E-state index contributed by atoms with van der Waals surface area (Å²) in [7, 11) is 1.78. The molecule has 1 heterocycles. The number of rotatable bonds is 5. The SMILES string of the molecule is CN=C(NCCC1=CCCCC1)NCc1nc(C)c(C)o1.I. The number of aryl methyl sites for hydroxylation is 2. The van der Waals surface area contributed by atoms with E-state index in [1.807, 2.05) is 13.8 Å². The zero-order chi connectivity index (χ0) is 15.1. The van der Waals surface area contributed by atoms with Crippen molar-refractivity contribution >= 4 is 29.9 Å². The zero-order valence-corrected chi connectivity index (χ0v) is 16.1. The summed E-state index contributed by atoms with van der Waals surface area (Å²) in [6, 6.07) is 0. The maximum absolute atomic E-state index is 5.54. The first kappa shape index (κ1) is 19.0. The van der Waals surface area contributed by atoms with Crippen LogP contribution in [0.4, 0.5) is 0 Å². The average Bonchev–Trinajstić information content (AvgIpc) is 2.82. The van der Waals surface area contributed by atoms with Gasteiger partial charge in [-0.3, -0.25) is 4.99 Å². The summed E-state index contributed by atoms with van der Waals surface area (Å²) in [6.45, 7) is 5.34. The minimum Gasteiger partial charge on any atom is -0.444 e. The smallest absolute Gasteiger partial charge is 0.214 e. The lowest BCUT2D eigenvalue weighted by Gasteiger charge is -2.14. The van der Waals surface area contributed by atoms with Gasteiger partial charge < -0.3 is 15.1 Å². The Labute approximate surface area is 150 Å². The monoisotopic (exact) mass is 418 g/mol. The molecule has 0 bridgehead atoms. The van der Waals surface area contributed by atoms with Gasteiger partial charge in [0, 0.05) is 13.6 Å². The molecular formula is C16H27IN4O. The molecule has 0 radical (unpaired) electrons. The second-order valence-electron chi connectivity index (χ2n) is 5.46. The van der Waals surface area contributed by atoms with Crippen LogP contribution in [0.1, 0.15) is 49.4 Å². The van der Waals surface area contributed by atoms with Gasteiger partial charge in [-0.25, -0.2) is 4.98 Å². The normalized spacial score (nSPS) is 15.0. The number of hydrogen-bond donors (Lipinski definition) is 2. The fraction of sp³-hybridized carbons (Fsp3) is 0.625. The Bertz CT molecular complexity index is 503. The van der Waals surface area contributed by atoms with Crippen LogP contribution in [0.25, 0.3) is 0 Å². The van der Waals surface area contributed by atoms with Crippen LogP contribution >= 0.6 is 24.0 Å². The topological polar surface area (TPSA) is 62.5 Å². The number of hydrogen-bond acceptors (Lipinski definition) is 3. The number of aliphatic imine (C=N–C) groups is 1. The van der Waals surface area contributed by atoms with Crippen LogP contribution in [-0.4, -0.2) is 24.5 Å². The van der Waals surface area contributed by atoms with Crippen LogP contribution in [0.15, 0.2) is 21.1 Å². The van der Waals surface area contributed by atoms with Crippen molar-refractivity contribution in [2.75, 3.05) is 13.6 Å². The van der Waals surface area contributed by atoms with Crippen LogP contribution < -0.4 is 10.6 Å². The molecule has 6 heteroatoms. The second kappa shape index (κ2) is 9.86. The summed E-state index contributed by atoms with van der Waals surface area (Å²) in [4.78, 5) is 8.57. The Hall–Kier alpha value is -1.05. The van der Waals surface area contributed by atoms with Gasteiger partial charge in [0.25, 0.3) is 0 Å². The fourth-order valence-corrected chi connectivity index (χ4v) is 2.47. The summed E-state index contributed by atoms with van der Waals surface area (Å²) in [6.07, 6.45) is 8.65. The first-order valence-electron chi connectivity index (χ1n) is 7.74. The third-order valence-corrected chi connectivity index (χ3v) is 3.83. The van der Waals surface area contributed by atoms with Crippen LogP contribution in [0.3, 0.4) is 0 Å². The molecular weight excluding hydrogens is 391 g/mol. The van der Waals surface area contributed by atoms with E-state index >= 15 is 0 Å². The molecule has 1 aromatic rings. The van der Waals surface area contributed by atoms with Crippen LogP contribution in [0.5, 0.6) is 0 Å². The van der Waals surface area contributed by atoms with Gasteiger partial charge in [-0.15, -0.1) is 24.0 Å². The number of nitrogens with zero attached hydrogens (tertiary/aromatic N) is 2. The predicted molar refractivity (Wildman–Crippen MR) is 101 cm³/mol. The minimum absolute atomic E-state index is 0. The van der Waals surface area contributed by atoms with Crippen LogP contribution in [0.2, 0.25) is 0 Å². The van der Waals surface area contributed by atoms with Crippen LogP contribution in [-0.2, 0) is 6.54 Å². The predicted octanol–water partition coefficient (Wildman–Crippen LogP) is 3.46. The molecule has 0 saturated carbocycles. The molecule has 0 fully saturated rings. The summed E-state index contributed by atoms with van der Waals surface area (Å²) in [5.74, 6) is 2.36. The minimum atomic E-state index is 0. The first-order chi connectivity index (χ1) is 10.2. The van der Waals surface area contributed by atoms with E-state index in [2.05, 4.69) is 26.7 Å². The van der Waals surface area contributed by atoms with Gasteiger partial charge in [0.1, 0.15) is 5.76 Å². The third-order valence-electron chi connectivity index (χ3n) is 3.83. The van der Waals surface area contributed by atoms with E-state index in [0.717, 1.165) is 30.4 Å². The highest BCUT2D eigenvalue weighted by atomic mass is 127. The highest BCUT2D eigenvalue weighted by Gasteiger charge is 2.07. The third kappa shape index (κ3) is 5.98. The van der Waals surface area contributed by atoms with Gasteiger partial charge in [-0.2, -0.15) is 0 Å². The Morgan fingerprint density at radius 3 is 2.73 bits per heavy atom. The van der Waals surface area contributed by atoms with Crippen LogP contribution in [0, 0.1) is 13.8 Å². The van der Waals surface area contributed by atoms with Gasteiger partial charge in [0.15, 0.2) is 5.96 Å². The quantitative estimate of drug-likeness (QED) is 0.333. The second-order valence-corrected chi connectivity index (χ2v) is 5.46. The lowest BCUT2D eigenvalue weighted by molar-refractivity contribution is 0.463. The maximum Gasteiger partial charge on any atom is 0.214 e. The van der Waals surface area contributed by atoms with Gasteiger partial charge in [0.05, 0.1) is 12.2 Å². The molecule has 0 spiro atoms. The van der Waals surface area contributed by atoms with E-state index in [9.17, 15) is 0 Å². The molecule has 0 unspecified atom stereocenters. The first-order valence-corrected chi connectivity index (χ1v) is 7.74. The molecule has 1 aliphatic carbocycles. The van der Waals surface area contributed by atoms with Gasteiger partial charge in [-0.05, 0) is 46.0 Å². The number of halogens is 1. The molecule has 0 aliphatic heterocycles. The van der Waals surface area contributed by atoms with E-state index in [1.165, 1.54) is 25.7 Å². The van der Waals surface area contributed by atoms with E-state index in [-0.39, 0.29) is 24.0 Å². The molecule has 0 atom stereocenters. The number of oxazole rings is 1. The molecule has 2 N–H and O–H groups in total. The molecule has 1 aliphatic rings. The number of nitrogens with one attached hydrogen (secondary N) is 2. The largest absolute Gasteiger partial charge is 0.444 e. The average molecular weight is 418 g/mol. The molecule has 0 aromatic carbocycles. The molecule has 1 aromatic heterocycles. The lowest BCUT2D eigenvalue weighted by Crippen LogP contribution is -2.37. The summed E-state index contributed by atoms with van der Waals surface area (Å²) in [5.41, 5.74) is 2.52. The summed E-state index contributed by atoms with van der Waals surface area (Å²) >= 11 is 0. The van der Waals surface area contributed by atoms with Crippen molar-refractivity contribution in [2.45, 2.75) is 52.5 Å². The Morgan fingerprint density at radius 2 is 2.14 bits per heavy atom. The van der Waals surface area contributed by atoms with Crippen molar-refractivity contribution in [2.24, 2.45) is 4.99 Å². The number of guanidine groups is 1. The van der Waals surface area contributed by atoms with E-state index in [1.54, 1.807) is 12.6 Å². The molecule has 0 amide bonds. The van der Waals surface area contributed by atoms with Gasteiger partial charge in [-0.1, -0.05) is 11.6 Å². The highest BCUT2D eigenvalue weighted by molar-refractivity contribution is 14.0. The van der Waals surface area contributed by atoms with E-state index in [4.69, 9.17) is 4.42 Å². The van der Waals surface area contributed by atoms with Crippen molar-refractivity contribution in [1.82, 2.24) is 15.6 Å². The van der Waals surface area contributed by atoms with Crippen molar-refractivity contribution in [1.29, 1.82) is 0 Å². The summed E-state index contributed by atoms with van der Waals surface area (Å²) in [5, 5.41) is 6.56.